The number of esters is 2. The normalized spacial score (nSPS) is 12.6. The zero-order chi connectivity index (χ0) is 54.8. The molecule has 0 aromatic heterocycles. The smallest absolute Gasteiger partial charge is 0.306 e. The molecule has 0 saturated heterocycles. The summed E-state index contributed by atoms with van der Waals surface area (Å²) in [5.74, 6) is -0.575. The summed E-state index contributed by atoms with van der Waals surface area (Å²) in [6.07, 6.45) is 92.1. The third-order valence-electron chi connectivity index (χ3n) is 15.0. The summed E-state index contributed by atoms with van der Waals surface area (Å²) in [5, 5.41) is 9.69. The highest BCUT2D eigenvalue weighted by atomic mass is 16.6. The van der Waals surface area contributed by atoms with Crippen LogP contribution in [0.15, 0.2) is 72.9 Å². The first-order valence-electron chi connectivity index (χ1n) is 33.5. The molecule has 1 atom stereocenters. The van der Waals surface area contributed by atoms with Gasteiger partial charge in [0.05, 0.1) is 6.61 Å². The quantitative estimate of drug-likeness (QED) is 0.0373. The minimum atomic E-state index is -0.774. The van der Waals surface area contributed by atoms with E-state index in [9.17, 15) is 14.7 Å². The summed E-state index contributed by atoms with van der Waals surface area (Å²) in [5.41, 5.74) is 0. The lowest BCUT2D eigenvalue weighted by Gasteiger charge is -2.15. The second-order valence-corrected chi connectivity index (χ2v) is 22.5. The number of hydrogen-bond donors (Lipinski definition) is 1. The van der Waals surface area contributed by atoms with Crippen LogP contribution in [-0.2, 0) is 19.1 Å². The van der Waals surface area contributed by atoms with Gasteiger partial charge in [0, 0.05) is 12.8 Å². The first-order chi connectivity index (χ1) is 37.6. The maximum atomic E-state index is 12.4. The maximum absolute atomic E-state index is 12.4. The molecule has 0 aromatic carbocycles. The Morgan fingerprint density at radius 2 is 0.566 bits per heavy atom. The topological polar surface area (TPSA) is 72.8 Å². The van der Waals surface area contributed by atoms with E-state index >= 15 is 0 Å². The zero-order valence-electron chi connectivity index (χ0n) is 50.8. The second kappa shape index (κ2) is 66.6. The van der Waals surface area contributed by atoms with Crippen LogP contribution in [0, 0.1) is 0 Å². The van der Waals surface area contributed by atoms with Gasteiger partial charge >= 0.3 is 11.9 Å². The molecule has 0 aliphatic rings. The Bertz CT molecular complexity index is 1340. The van der Waals surface area contributed by atoms with Crippen LogP contribution in [0.4, 0.5) is 0 Å². The molecular formula is C71H128O5. The first-order valence-corrected chi connectivity index (χ1v) is 33.5. The van der Waals surface area contributed by atoms with Crippen molar-refractivity contribution in [2.24, 2.45) is 0 Å². The summed E-state index contributed by atoms with van der Waals surface area (Å²) >= 11 is 0. The van der Waals surface area contributed by atoms with Crippen LogP contribution >= 0.6 is 0 Å². The van der Waals surface area contributed by atoms with Gasteiger partial charge in [-0.1, -0.05) is 344 Å². The molecule has 0 saturated carbocycles. The number of aliphatic hydroxyl groups is 1. The molecule has 0 amide bonds. The Labute approximate surface area is 473 Å². The van der Waals surface area contributed by atoms with Crippen molar-refractivity contribution in [3.63, 3.8) is 0 Å². The third-order valence-corrected chi connectivity index (χ3v) is 15.0. The van der Waals surface area contributed by atoms with E-state index in [1.165, 1.54) is 244 Å². The predicted molar refractivity (Wildman–Crippen MR) is 334 cm³/mol. The number of unbranched alkanes of at least 4 members (excludes halogenated alkanes) is 42. The lowest BCUT2D eigenvalue weighted by molar-refractivity contribution is -0.161. The van der Waals surface area contributed by atoms with Gasteiger partial charge < -0.3 is 14.6 Å². The highest BCUT2D eigenvalue weighted by Gasteiger charge is 2.16. The van der Waals surface area contributed by atoms with Crippen molar-refractivity contribution in [1.82, 2.24) is 0 Å². The average Bonchev–Trinajstić information content (AvgIpc) is 3.42. The standard InChI is InChI=1S/C71H128O5/c1-3-5-7-9-11-13-15-17-19-21-23-25-27-29-31-33-34-35-36-38-40-42-44-46-48-50-52-54-56-58-60-62-64-66-71(74)76-69(67-72)68-75-70(73)65-63-61-59-57-55-53-51-49-47-45-43-41-39-37-32-30-28-26-24-22-20-18-16-14-12-10-8-6-4-2/h5,7,11,13,17,19,23,25,29,31,34-35,69,72H,3-4,6,8-10,12,14-16,18,20-22,24,26-28,30,32-33,36-68H2,1-2H3/b7-5-,13-11-,19-17-,25-23-,31-29-,35-34-. The number of carbonyl (C=O) groups is 2. The van der Waals surface area contributed by atoms with Gasteiger partial charge in [-0.3, -0.25) is 9.59 Å². The average molecular weight is 1060 g/mol. The highest BCUT2D eigenvalue weighted by molar-refractivity contribution is 5.70. The fourth-order valence-electron chi connectivity index (χ4n) is 10.0. The zero-order valence-corrected chi connectivity index (χ0v) is 50.8. The van der Waals surface area contributed by atoms with Crippen LogP contribution in [0.25, 0.3) is 0 Å². The molecule has 0 rings (SSSR count). The molecule has 0 heterocycles. The summed E-state index contributed by atoms with van der Waals surface area (Å²) in [4.78, 5) is 24.6. The number of aliphatic hydroxyl groups excluding tert-OH is 1. The number of ether oxygens (including phenoxy) is 2. The highest BCUT2D eigenvalue weighted by Crippen LogP contribution is 2.18. The van der Waals surface area contributed by atoms with E-state index in [1.807, 2.05) is 0 Å². The summed E-state index contributed by atoms with van der Waals surface area (Å²) in [7, 11) is 0. The van der Waals surface area contributed by atoms with Crippen molar-refractivity contribution in [3.05, 3.63) is 72.9 Å². The monoisotopic (exact) mass is 1060 g/mol. The SMILES string of the molecule is CC/C=C\C/C=C\C/C=C\C/C=C\C/C=C\C/C=C\CCCCCCCCCCCCCCCCC(=O)OC(CO)COC(=O)CCCCCCCCCCCCCCCCCCCCCCCCCCCCCCC. The predicted octanol–water partition coefficient (Wildman–Crippen LogP) is 23.1. The Morgan fingerprint density at radius 3 is 0.855 bits per heavy atom. The number of hydrogen-bond acceptors (Lipinski definition) is 5. The van der Waals surface area contributed by atoms with Gasteiger partial charge in [-0.2, -0.15) is 0 Å². The molecular weight excluding hydrogens is 933 g/mol. The van der Waals surface area contributed by atoms with E-state index in [-0.39, 0.29) is 25.2 Å². The molecule has 5 nitrogen and oxygen atoms in total. The third kappa shape index (κ3) is 63.9. The van der Waals surface area contributed by atoms with Gasteiger partial charge in [-0.25, -0.2) is 0 Å². The van der Waals surface area contributed by atoms with Crippen molar-refractivity contribution in [3.8, 4) is 0 Å². The van der Waals surface area contributed by atoms with Crippen molar-refractivity contribution in [2.75, 3.05) is 13.2 Å². The Morgan fingerprint density at radius 1 is 0.316 bits per heavy atom. The molecule has 0 spiro atoms. The molecule has 0 bridgehead atoms. The van der Waals surface area contributed by atoms with Crippen LogP contribution in [0.5, 0.6) is 0 Å². The minimum Gasteiger partial charge on any atom is -0.462 e. The van der Waals surface area contributed by atoms with E-state index in [0.717, 1.165) is 77.0 Å². The lowest BCUT2D eigenvalue weighted by Crippen LogP contribution is -2.28. The fraction of sp³-hybridized carbons (Fsp3) is 0.803. The van der Waals surface area contributed by atoms with Gasteiger partial charge in [0.1, 0.15) is 6.61 Å². The summed E-state index contributed by atoms with van der Waals surface area (Å²) in [6, 6.07) is 0. The number of rotatable bonds is 62. The molecule has 0 aromatic rings. The van der Waals surface area contributed by atoms with Crippen LogP contribution in [0.3, 0.4) is 0 Å². The van der Waals surface area contributed by atoms with Crippen LogP contribution in [0.1, 0.15) is 348 Å². The molecule has 1 unspecified atom stereocenters. The first kappa shape index (κ1) is 73.3. The second-order valence-electron chi connectivity index (χ2n) is 22.5. The largest absolute Gasteiger partial charge is 0.462 e. The summed E-state index contributed by atoms with van der Waals surface area (Å²) in [6.45, 7) is 4.08. The van der Waals surface area contributed by atoms with E-state index in [2.05, 4.69) is 86.8 Å². The minimum absolute atomic E-state index is 0.0631. The van der Waals surface area contributed by atoms with Crippen LogP contribution < -0.4 is 0 Å². The lowest BCUT2D eigenvalue weighted by atomic mass is 10.0. The Hall–Kier alpha value is -2.66. The number of allylic oxidation sites excluding steroid dienone is 12. The Balaban J connectivity index is 3.44. The van der Waals surface area contributed by atoms with E-state index in [0.29, 0.717) is 12.8 Å². The van der Waals surface area contributed by atoms with E-state index < -0.39 is 6.10 Å². The van der Waals surface area contributed by atoms with Crippen molar-refractivity contribution < 1.29 is 24.2 Å². The van der Waals surface area contributed by atoms with Crippen LogP contribution in [-0.4, -0.2) is 36.4 Å². The maximum Gasteiger partial charge on any atom is 0.306 e. The van der Waals surface area contributed by atoms with Gasteiger partial charge in [0.2, 0.25) is 0 Å². The molecule has 76 heavy (non-hydrogen) atoms. The molecule has 1 N–H and O–H groups in total. The van der Waals surface area contributed by atoms with E-state index in [1.54, 1.807) is 0 Å². The van der Waals surface area contributed by atoms with Crippen molar-refractivity contribution in [1.29, 1.82) is 0 Å². The fourth-order valence-corrected chi connectivity index (χ4v) is 10.0. The van der Waals surface area contributed by atoms with Crippen molar-refractivity contribution in [2.45, 2.75) is 354 Å². The van der Waals surface area contributed by atoms with Crippen molar-refractivity contribution >= 4 is 11.9 Å². The molecule has 0 aliphatic heterocycles. The van der Waals surface area contributed by atoms with Gasteiger partial charge in [-0.15, -0.1) is 0 Å². The molecule has 0 aliphatic carbocycles. The Kier molecular flexibility index (Phi) is 64.3. The van der Waals surface area contributed by atoms with Gasteiger partial charge in [0.25, 0.3) is 0 Å². The molecule has 442 valence electrons. The van der Waals surface area contributed by atoms with Crippen LogP contribution in [0.2, 0.25) is 0 Å². The molecule has 0 fully saturated rings. The molecule has 5 heteroatoms. The summed E-state index contributed by atoms with van der Waals surface area (Å²) < 4.78 is 10.8. The van der Waals surface area contributed by atoms with Gasteiger partial charge in [-0.05, 0) is 64.2 Å². The number of carbonyl (C=O) groups excluding carboxylic acids is 2. The van der Waals surface area contributed by atoms with E-state index in [4.69, 9.17) is 9.47 Å². The molecule has 0 radical (unpaired) electrons. The van der Waals surface area contributed by atoms with Gasteiger partial charge in [0.15, 0.2) is 6.10 Å².